The highest BCUT2D eigenvalue weighted by atomic mass is 15.2. The molecule has 0 saturated carbocycles. The van der Waals surface area contributed by atoms with Crippen LogP contribution in [0.1, 0.15) is 25.0 Å². The van der Waals surface area contributed by atoms with E-state index < -0.39 is 0 Å². The lowest BCUT2D eigenvalue weighted by Gasteiger charge is -2.19. The fourth-order valence-corrected chi connectivity index (χ4v) is 2.53. The van der Waals surface area contributed by atoms with Crippen LogP contribution in [0.15, 0.2) is 35.9 Å². The van der Waals surface area contributed by atoms with Crippen molar-refractivity contribution < 1.29 is 0 Å². The topological polar surface area (TPSA) is 38.0 Å². The van der Waals surface area contributed by atoms with E-state index in [0.717, 1.165) is 12.8 Å². The van der Waals surface area contributed by atoms with Gasteiger partial charge in [0.2, 0.25) is 0 Å². The van der Waals surface area contributed by atoms with Gasteiger partial charge >= 0.3 is 0 Å². The summed E-state index contributed by atoms with van der Waals surface area (Å²) in [5, 5.41) is 0. The molecule has 0 radical (unpaired) electrons. The summed E-state index contributed by atoms with van der Waals surface area (Å²) in [5.74, 6) is 6.24. The summed E-state index contributed by atoms with van der Waals surface area (Å²) in [7, 11) is 0. The molecule has 0 spiro atoms. The highest BCUT2D eigenvalue weighted by Crippen LogP contribution is 2.29. The smallest absolute Gasteiger partial charge is 0.0427 e. The zero-order valence-electron chi connectivity index (χ0n) is 10.0. The second-order valence-corrected chi connectivity index (χ2v) is 4.87. The van der Waals surface area contributed by atoms with Gasteiger partial charge in [-0.3, -0.25) is 11.3 Å². The van der Waals surface area contributed by atoms with Gasteiger partial charge in [0.25, 0.3) is 0 Å². The average molecular weight is 216 g/mol. The van der Waals surface area contributed by atoms with Crippen molar-refractivity contribution in [1.29, 1.82) is 0 Å². The lowest BCUT2D eigenvalue weighted by Crippen LogP contribution is -2.40. The lowest BCUT2D eigenvalue weighted by molar-refractivity contribution is 0.426. The number of rotatable bonds is 3. The Kier molecular flexibility index (Phi) is 3.42. The number of nitrogens with two attached hydrogens (primary N) is 1. The van der Waals surface area contributed by atoms with Crippen LogP contribution in [0.3, 0.4) is 0 Å². The van der Waals surface area contributed by atoms with E-state index in [1.165, 1.54) is 16.7 Å². The first-order valence-corrected chi connectivity index (χ1v) is 5.88. The molecule has 2 rings (SSSR count). The first-order valence-electron chi connectivity index (χ1n) is 5.88. The summed E-state index contributed by atoms with van der Waals surface area (Å²) in [6.45, 7) is 4.23. The minimum Gasteiger partial charge on any atom is -0.271 e. The molecule has 1 atom stereocenters. The Morgan fingerprint density at radius 3 is 2.31 bits per heavy atom. The molecule has 0 amide bonds. The van der Waals surface area contributed by atoms with Gasteiger partial charge in [-0.05, 0) is 43.7 Å². The molecule has 0 saturated heterocycles. The summed E-state index contributed by atoms with van der Waals surface area (Å²) in [4.78, 5) is 0. The summed E-state index contributed by atoms with van der Waals surface area (Å²) < 4.78 is 0. The molecule has 0 bridgehead atoms. The zero-order chi connectivity index (χ0) is 11.5. The van der Waals surface area contributed by atoms with Crippen LogP contribution < -0.4 is 11.3 Å². The van der Waals surface area contributed by atoms with Crippen molar-refractivity contribution >= 4 is 0 Å². The van der Waals surface area contributed by atoms with Crippen LogP contribution in [0.2, 0.25) is 0 Å². The Labute approximate surface area is 97.5 Å². The highest BCUT2D eigenvalue weighted by molar-refractivity contribution is 5.33. The van der Waals surface area contributed by atoms with Crippen LogP contribution in [-0.2, 0) is 12.8 Å². The van der Waals surface area contributed by atoms with Crippen molar-refractivity contribution in [3.05, 3.63) is 47.0 Å². The SMILES string of the molecule is CC(C)=CC(NN)C1Cc2ccccc2C1. The molecule has 0 aliphatic heterocycles. The Bertz CT molecular complexity index is 366. The standard InChI is InChI=1S/C14H20N2/c1-10(2)7-14(16-15)13-8-11-5-3-4-6-12(11)9-13/h3-7,13-14,16H,8-9,15H2,1-2H3. The van der Waals surface area contributed by atoms with Crippen LogP contribution in [0.4, 0.5) is 0 Å². The summed E-state index contributed by atoms with van der Waals surface area (Å²) in [6, 6.07) is 8.98. The zero-order valence-corrected chi connectivity index (χ0v) is 10.0. The quantitative estimate of drug-likeness (QED) is 0.462. The van der Waals surface area contributed by atoms with Gasteiger partial charge in [-0.15, -0.1) is 0 Å². The Hall–Kier alpha value is -1.12. The maximum atomic E-state index is 5.64. The monoisotopic (exact) mass is 216 g/mol. The lowest BCUT2D eigenvalue weighted by atomic mass is 9.95. The normalized spacial score (nSPS) is 16.9. The molecule has 0 heterocycles. The third-order valence-electron chi connectivity index (χ3n) is 3.30. The molecule has 2 nitrogen and oxygen atoms in total. The van der Waals surface area contributed by atoms with Gasteiger partial charge in [0, 0.05) is 6.04 Å². The van der Waals surface area contributed by atoms with Crippen LogP contribution in [-0.4, -0.2) is 6.04 Å². The van der Waals surface area contributed by atoms with Crippen molar-refractivity contribution in [2.24, 2.45) is 11.8 Å². The molecule has 16 heavy (non-hydrogen) atoms. The van der Waals surface area contributed by atoms with Gasteiger partial charge in [-0.2, -0.15) is 0 Å². The van der Waals surface area contributed by atoms with Gasteiger partial charge < -0.3 is 0 Å². The molecule has 1 unspecified atom stereocenters. The molecule has 1 aliphatic rings. The number of fused-ring (bicyclic) bond motifs is 1. The van der Waals surface area contributed by atoms with Crippen LogP contribution in [0.25, 0.3) is 0 Å². The Morgan fingerprint density at radius 1 is 1.31 bits per heavy atom. The molecular formula is C14H20N2. The predicted molar refractivity (Wildman–Crippen MR) is 67.9 cm³/mol. The van der Waals surface area contributed by atoms with E-state index in [2.05, 4.69) is 49.6 Å². The van der Waals surface area contributed by atoms with E-state index in [0.29, 0.717) is 5.92 Å². The molecule has 3 N–H and O–H groups in total. The fraction of sp³-hybridized carbons (Fsp3) is 0.429. The van der Waals surface area contributed by atoms with Gasteiger partial charge in [-0.25, -0.2) is 0 Å². The second-order valence-electron chi connectivity index (χ2n) is 4.87. The molecule has 0 aromatic heterocycles. The van der Waals surface area contributed by atoms with Crippen molar-refractivity contribution in [2.45, 2.75) is 32.7 Å². The molecule has 1 aliphatic carbocycles. The number of hydrogen-bond acceptors (Lipinski definition) is 2. The minimum atomic E-state index is 0.289. The number of allylic oxidation sites excluding steroid dienone is 1. The highest BCUT2D eigenvalue weighted by Gasteiger charge is 2.26. The van der Waals surface area contributed by atoms with Gasteiger partial charge in [0.05, 0.1) is 0 Å². The number of benzene rings is 1. The van der Waals surface area contributed by atoms with E-state index in [-0.39, 0.29) is 6.04 Å². The predicted octanol–water partition coefficient (Wildman–Crippen LogP) is 2.20. The first-order chi connectivity index (χ1) is 7.70. The van der Waals surface area contributed by atoms with Gasteiger partial charge in [-0.1, -0.05) is 35.9 Å². The molecule has 2 heteroatoms. The largest absolute Gasteiger partial charge is 0.271 e. The van der Waals surface area contributed by atoms with E-state index in [4.69, 9.17) is 5.84 Å². The second kappa shape index (κ2) is 4.81. The van der Waals surface area contributed by atoms with E-state index >= 15 is 0 Å². The molecule has 1 aromatic rings. The number of nitrogens with one attached hydrogen (secondary N) is 1. The van der Waals surface area contributed by atoms with Crippen LogP contribution >= 0.6 is 0 Å². The molecule has 1 aromatic carbocycles. The number of hydrazine groups is 1. The third kappa shape index (κ3) is 2.34. The van der Waals surface area contributed by atoms with E-state index in [1.807, 2.05) is 0 Å². The van der Waals surface area contributed by atoms with Gasteiger partial charge in [0.1, 0.15) is 0 Å². The summed E-state index contributed by atoms with van der Waals surface area (Å²) in [6.07, 6.45) is 4.50. The summed E-state index contributed by atoms with van der Waals surface area (Å²) >= 11 is 0. The van der Waals surface area contributed by atoms with Crippen molar-refractivity contribution in [3.8, 4) is 0 Å². The maximum Gasteiger partial charge on any atom is 0.0427 e. The van der Waals surface area contributed by atoms with Crippen molar-refractivity contribution in [2.75, 3.05) is 0 Å². The Morgan fingerprint density at radius 2 is 1.88 bits per heavy atom. The van der Waals surface area contributed by atoms with Crippen molar-refractivity contribution in [3.63, 3.8) is 0 Å². The van der Waals surface area contributed by atoms with Crippen molar-refractivity contribution in [1.82, 2.24) is 5.43 Å². The molecule has 86 valence electrons. The average Bonchev–Trinajstić information content (AvgIpc) is 2.68. The minimum absolute atomic E-state index is 0.289. The maximum absolute atomic E-state index is 5.64. The van der Waals surface area contributed by atoms with Crippen LogP contribution in [0.5, 0.6) is 0 Å². The molecule has 0 fully saturated rings. The molecular weight excluding hydrogens is 196 g/mol. The fourth-order valence-electron chi connectivity index (χ4n) is 2.53. The van der Waals surface area contributed by atoms with Crippen LogP contribution in [0, 0.1) is 5.92 Å². The Balaban J connectivity index is 2.13. The van der Waals surface area contributed by atoms with E-state index in [1.54, 1.807) is 0 Å². The third-order valence-corrected chi connectivity index (χ3v) is 3.30. The number of hydrogen-bond donors (Lipinski definition) is 2. The first kappa shape index (κ1) is 11.4. The van der Waals surface area contributed by atoms with Gasteiger partial charge in [0.15, 0.2) is 0 Å². The van der Waals surface area contributed by atoms with E-state index in [9.17, 15) is 0 Å². The summed E-state index contributed by atoms with van der Waals surface area (Å²) in [5.41, 5.74) is 7.22.